The van der Waals surface area contributed by atoms with Gasteiger partial charge in [0.05, 0.1) is 64.7 Å². The molecular weight excluding hydrogens is 1900 g/mol. The largest absolute Gasteiger partial charge is 0.389 e. The average Bonchev–Trinajstić information content (AvgIpc) is 1.76. The Morgan fingerprint density at radius 3 is 1.30 bits per heavy atom. The maximum absolute atomic E-state index is 13.2. The predicted octanol–water partition coefficient (Wildman–Crippen LogP) is -9.12. The Morgan fingerprint density at radius 2 is 0.841 bits per heavy atom. The molecule has 45 nitrogen and oxygen atoms in total. The van der Waals surface area contributed by atoms with E-state index in [1.54, 1.807) is 11.8 Å². The number of benzene rings is 2. The monoisotopic (exact) mass is 2050 g/mol. The van der Waals surface area contributed by atoms with Gasteiger partial charge in [-0.15, -0.1) is 0 Å². The van der Waals surface area contributed by atoms with Gasteiger partial charge in [0.25, 0.3) is 0 Å². The van der Waals surface area contributed by atoms with Gasteiger partial charge in [-0.2, -0.15) is 28.1 Å². The number of aryl methyl sites for hydroxylation is 1. The van der Waals surface area contributed by atoms with Gasteiger partial charge < -0.3 is 223 Å². The summed E-state index contributed by atoms with van der Waals surface area (Å²) in [5, 5.41) is 153. The molecule has 2 aliphatic carbocycles. The number of aliphatic hydroxyl groups excluding tert-OH is 12. The molecule has 6 saturated heterocycles. The molecule has 12 rings (SSSR count). The molecule has 1 aromatic heterocycles. The van der Waals surface area contributed by atoms with Crippen LogP contribution < -0.4 is 105 Å². The van der Waals surface area contributed by atoms with Crippen molar-refractivity contribution in [3.8, 4) is 0 Å². The number of carbonyl (C=O) groups is 1. The Labute approximate surface area is 828 Å². The third kappa shape index (κ3) is 29.2. The number of nitrogens with zero attached hydrogens (tertiary/aromatic N) is 3. The quantitative estimate of drug-likeness (QED) is 0.0142. The molecule has 3 aromatic rings. The minimum atomic E-state index is -1.61. The molecule has 0 spiro atoms. The van der Waals surface area contributed by atoms with Gasteiger partial charge in [-0.25, -0.2) is 0 Å². The van der Waals surface area contributed by atoms with Crippen LogP contribution in [0.15, 0.2) is 70.7 Å². The lowest BCUT2D eigenvalue weighted by Gasteiger charge is -2.47. The molecule has 0 bridgehead atoms. The number of anilines is 1. The van der Waals surface area contributed by atoms with Gasteiger partial charge in [-0.05, 0) is 125 Å². The third-order valence-electron chi connectivity index (χ3n) is 26.7. The standard InChI is InChI=1S/C87H148N20O25S5.CH4/c1-105-48-16-5-6-17-55(48)137-57(105)32-41-19-29-107(47-15-4-3-14-42(41)47)28-11-7-18-56(108)100-20-8-2-10-25-106(27-13-22-102-87(134)104-24-31-136-40-54-77(130-83-61(99)71(118)67(114)52(38-91)124-83)73(120)85(126-54)132-79-63(110)44(93)34-46(95)75(79)128-81-59(97)69(116)65(112)50(36-89)122-81)26-12-9-21-101-86(133)103-23-30-135-39-53-76(129-82-60(98)70(117)66(113)51(37-90)123-82)72(119)84(125-53)131-78-62(109)43(92)33-45(94)74(78)127-80-58(96)68(115)64(111)49(35-88)121-80;/h3-6,14-17,19,29,32,43-46,49-54,58-85,109-120H,2,7-13,18,20-28,30-31,33-40,88-99H2,1H3,(H4-,100,101,102,103,104,108,133,134);1H4/p+1/t43-,44-,45?,46?,49?,50?,51+,52+,53-,54-,58?,59?,60?,61?,62?,63?,64-,65-,66-,67-,68-,69-,70?,71?,72+,73+,74-,75-,76+,77+,78-,79-,80+,81+,82-,83-,84?,85?;/m1./s1. The molecule has 1 amide bonds. The van der Waals surface area contributed by atoms with Crippen molar-refractivity contribution in [1.82, 2.24) is 31.5 Å². The number of thiocarbonyl (C=S) groups is 2. The normalized spacial score (nSPS) is 38.0. The van der Waals surface area contributed by atoms with Crippen molar-refractivity contribution in [2.45, 2.75) is 322 Å². The number of thioether (sulfide) groups is 3. The number of carbonyl (C=O) groups excluding carboxylic acids is 1. The van der Waals surface area contributed by atoms with Crippen LogP contribution in [0.4, 0.5) is 5.69 Å². The van der Waals surface area contributed by atoms with Crippen LogP contribution in [0.3, 0.4) is 0 Å². The summed E-state index contributed by atoms with van der Waals surface area (Å²) in [6, 6.07) is 10.2. The van der Waals surface area contributed by atoms with E-state index in [0.717, 1.165) is 99.0 Å². The van der Waals surface area contributed by atoms with E-state index in [-0.39, 0.29) is 63.9 Å². The highest BCUT2D eigenvalue weighted by molar-refractivity contribution is 8.04. The Balaban J connectivity index is 0.0000183. The van der Waals surface area contributed by atoms with E-state index in [2.05, 4.69) is 115 Å². The van der Waals surface area contributed by atoms with Crippen molar-refractivity contribution in [1.29, 1.82) is 0 Å². The summed E-state index contributed by atoms with van der Waals surface area (Å²) in [4.78, 5) is 19.1. The van der Waals surface area contributed by atoms with Crippen LogP contribution in [-0.2, 0) is 68.2 Å². The lowest BCUT2D eigenvalue weighted by molar-refractivity contribution is -0.671. The van der Waals surface area contributed by atoms with Crippen molar-refractivity contribution >= 4 is 98.5 Å². The molecule has 784 valence electrons. The van der Waals surface area contributed by atoms with Gasteiger partial charge in [0, 0.05) is 143 Å². The molecule has 7 aliphatic heterocycles. The first-order valence-electron chi connectivity index (χ1n) is 47.4. The molecule has 2 saturated carbocycles. The zero-order chi connectivity index (χ0) is 98.6. The Kier molecular flexibility index (Phi) is 45.5. The van der Waals surface area contributed by atoms with Crippen molar-refractivity contribution in [2.24, 2.45) is 68.8 Å². The number of amides is 1. The van der Waals surface area contributed by atoms with E-state index in [1.165, 1.54) is 34.1 Å². The summed E-state index contributed by atoms with van der Waals surface area (Å²) in [6.07, 6.45) is -29.0. The second-order valence-corrected chi connectivity index (χ2v) is 40.7. The van der Waals surface area contributed by atoms with Crippen molar-refractivity contribution < 1.29 is 127 Å². The van der Waals surface area contributed by atoms with E-state index in [1.807, 2.05) is 0 Å². The highest BCUT2D eigenvalue weighted by Crippen LogP contribution is 2.46. The van der Waals surface area contributed by atoms with Crippen LogP contribution in [0.5, 0.6) is 0 Å². The van der Waals surface area contributed by atoms with Crippen LogP contribution in [0.1, 0.15) is 83.6 Å². The van der Waals surface area contributed by atoms with Gasteiger partial charge in [-0.1, -0.05) is 49.9 Å². The molecule has 50 heteroatoms. The lowest BCUT2D eigenvalue weighted by Crippen LogP contribution is -2.68. The van der Waals surface area contributed by atoms with E-state index in [4.69, 9.17) is 150 Å². The number of aromatic nitrogens is 1. The van der Waals surface area contributed by atoms with Crippen molar-refractivity contribution in [3.05, 3.63) is 71.4 Å². The van der Waals surface area contributed by atoms with Crippen LogP contribution in [0.25, 0.3) is 17.0 Å². The highest BCUT2D eigenvalue weighted by atomic mass is 32.2. The lowest BCUT2D eigenvalue weighted by atomic mass is 9.84. The number of nitrogens with one attached hydrogen (secondary N) is 5. The fourth-order valence-corrected chi connectivity index (χ4v) is 21.8. The maximum Gasteiger partial charge on any atom is 0.219 e. The third-order valence-corrected chi connectivity index (χ3v) is 30.5. The minimum absolute atomic E-state index is 0. The first-order chi connectivity index (χ1) is 65.7. The summed E-state index contributed by atoms with van der Waals surface area (Å²) < 4.78 is 76.5. The number of hydrogen-bond donors (Lipinski definition) is 29. The Morgan fingerprint density at radius 1 is 0.449 bits per heavy atom. The van der Waals surface area contributed by atoms with Crippen molar-refractivity contribution in [2.75, 3.05) is 113 Å². The maximum atomic E-state index is 13.2. The van der Waals surface area contributed by atoms with E-state index < -0.39 is 233 Å². The van der Waals surface area contributed by atoms with Crippen LogP contribution in [0.2, 0.25) is 0 Å². The smallest absolute Gasteiger partial charge is 0.219 e. The fraction of sp³-hybridized carbons (Fsp3) is 0.773. The molecule has 8 heterocycles. The average molecular weight is 2050 g/mol. The van der Waals surface area contributed by atoms with Crippen molar-refractivity contribution in [3.63, 3.8) is 0 Å². The predicted molar refractivity (Wildman–Crippen MR) is 525 cm³/mol. The molecule has 9 aliphatic rings. The number of fused-ring (bicyclic) bond motifs is 2. The second kappa shape index (κ2) is 55.0. The highest BCUT2D eigenvalue weighted by Gasteiger charge is 2.58. The second-order valence-electron chi connectivity index (χ2n) is 36.5. The number of ether oxygens (including phenoxy) is 12. The van der Waals surface area contributed by atoms with Crippen LogP contribution in [0, 0.1) is 0 Å². The molecular formula is C88H153N20O25S5+. The number of pyridine rings is 1. The van der Waals surface area contributed by atoms with E-state index in [0.29, 0.717) is 60.9 Å². The number of aliphatic hydroxyl groups is 12. The Hall–Kier alpha value is -4.19. The summed E-state index contributed by atoms with van der Waals surface area (Å²) in [7, 11) is 2.10. The molecule has 41 N–H and O–H groups in total. The van der Waals surface area contributed by atoms with Gasteiger partial charge in [-0.3, -0.25) is 4.79 Å². The van der Waals surface area contributed by atoms with E-state index in [9.17, 15) is 66.1 Å². The minimum Gasteiger partial charge on any atom is -0.389 e. The SMILES string of the molecule is C.CN1/C(=C/c2cc[n+](CCCCC(=O)NCCCCCN(CCCCNC(=S)NCCSC[C@H]3OC(O[C@@H]4C(O)[C@H](N)CC(N)[C@H]4O[C@@H]4OC(CN)[C@@H](O)[C@H](O)C4N)[C@@H](O)[C@H]3O[C@H]3O[C@@H](CN)[C@@H](O)C(O)C3N)CCCNC(=S)NCCSC[C@H]3OC(O[C@@H]4C(O)[C@H](N)CC(N)[C@H]4O[C@@H]4OC(CN)[C@@H](O)[C@H](O)C4N)[C@@H](O)[C@H]3O[C@H]3O[C@@H](CN)[C@@H](O)C(O)C3N)c3ccccc23)Sc2ccccc21. The summed E-state index contributed by atoms with van der Waals surface area (Å²) in [5.41, 5.74) is 78.2. The molecule has 14 unspecified atom stereocenters. The summed E-state index contributed by atoms with van der Waals surface area (Å²) >= 11 is 16.1. The number of hydrogen-bond acceptors (Lipinski definition) is 44. The van der Waals surface area contributed by atoms with E-state index >= 15 is 0 Å². The number of unbranched alkanes of at least 4 members (excludes halogenated alkanes) is 4. The molecule has 38 atom stereocenters. The molecule has 0 radical (unpaired) electrons. The summed E-state index contributed by atoms with van der Waals surface area (Å²) in [5.74, 6) is 1.33. The van der Waals surface area contributed by atoms with Gasteiger partial charge in [0.1, 0.15) is 129 Å². The number of nitrogens with two attached hydrogens (primary N) is 12. The van der Waals surface area contributed by atoms with Gasteiger partial charge in [0.15, 0.2) is 54.2 Å². The van der Waals surface area contributed by atoms with Crippen LogP contribution in [-0.4, -0.2) is 423 Å². The number of para-hydroxylation sites is 2. The molecule has 2 aromatic carbocycles. The first-order valence-corrected chi connectivity index (χ1v) is 51.4. The number of rotatable bonds is 47. The first kappa shape index (κ1) is 114. The van der Waals surface area contributed by atoms with Crippen LogP contribution >= 0.6 is 59.7 Å². The zero-order valence-corrected chi connectivity index (χ0v) is 81.2. The Bertz CT molecular complexity index is 4240. The molecule has 8 fully saturated rings. The fourth-order valence-electron chi connectivity index (χ4n) is 18.5. The summed E-state index contributed by atoms with van der Waals surface area (Å²) in [6.45, 7) is 4.82. The zero-order valence-electron chi connectivity index (χ0n) is 77.1. The van der Waals surface area contributed by atoms with Gasteiger partial charge >= 0.3 is 0 Å². The molecule has 138 heavy (non-hydrogen) atoms. The topological polar surface area (TPSA) is 753 Å². The van der Waals surface area contributed by atoms with Gasteiger partial charge in [0.2, 0.25) is 11.4 Å².